The van der Waals surface area contributed by atoms with Crippen LogP contribution in [0.15, 0.2) is 22.7 Å². The van der Waals surface area contributed by atoms with Gasteiger partial charge >= 0.3 is 5.97 Å². The third kappa shape index (κ3) is 4.66. The lowest BCUT2D eigenvalue weighted by Gasteiger charge is -2.09. The summed E-state index contributed by atoms with van der Waals surface area (Å²) >= 11 is 3.27. The summed E-state index contributed by atoms with van der Waals surface area (Å²) in [5.41, 5.74) is 3.50. The molecule has 0 spiro atoms. The SMILES string of the molecule is Cc1nn(CC(C)C)c(C)c1CC(=O)OCc1ccc(F)cc1Br. The van der Waals surface area contributed by atoms with Gasteiger partial charge in [0.1, 0.15) is 12.4 Å². The summed E-state index contributed by atoms with van der Waals surface area (Å²) in [5, 5.41) is 4.51. The zero-order valence-corrected chi connectivity index (χ0v) is 16.0. The zero-order valence-electron chi connectivity index (χ0n) is 14.4. The van der Waals surface area contributed by atoms with Gasteiger partial charge in [-0.1, -0.05) is 35.8 Å². The molecule has 0 aliphatic carbocycles. The first kappa shape index (κ1) is 18.6. The van der Waals surface area contributed by atoms with E-state index >= 15 is 0 Å². The van der Waals surface area contributed by atoms with E-state index in [1.165, 1.54) is 12.1 Å². The predicted molar refractivity (Wildman–Crippen MR) is 94.1 cm³/mol. The average molecular weight is 397 g/mol. The molecule has 0 unspecified atom stereocenters. The van der Waals surface area contributed by atoms with Crippen LogP contribution in [0.5, 0.6) is 0 Å². The number of rotatable bonds is 6. The Morgan fingerprint density at radius 3 is 2.71 bits per heavy atom. The Labute approximate surface area is 150 Å². The quantitative estimate of drug-likeness (QED) is 0.681. The summed E-state index contributed by atoms with van der Waals surface area (Å²) in [5.74, 6) is -0.166. The molecule has 0 bridgehead atoms. The lowest BCUT2D eigenvalue weighted by atomic mass is 10.1. The number of aryl methyl sites for hydroxylation is 1. The Kier molecular flexibility index (Phi) is 6.15. The average Bonchev–Trinajstić information content (AvgIpc) is 2.73. The molecule has 0 amide bonds. The molecule has 0 radical (unpaired) electrons. The molecule has 0 saturated heterocycles. The molecule has 1 heterocycles. The molecule has 0 fully saturated rings. The van der Waals surface area contributed by atoms with Gasteiger partial charge in [0.05, 0.1) is 12.1 Å². The molecule has 6 heteroatoms. The van der Waals surface area contributed by atoms with Gasteiger partial charge in [-0.15, -0.1) is 0 Å². The number of esters is 1. The summed E-state index contributed by atoms with van der Waals surface area (Å²) in [6, 6.07) is 4.30. The summed E-state index contributed by atoms with van der Waals surface area (Å²) < 4.78 is 20.9. The van der Waals surface area contributed by atoms with Crippen LogP contribution in [0.2, 0.25) is 0 Å². The van der Waals surface area contributed by atoms with Crippen molar-refractivity contribution in [1.29, 1.82) is 0 Å². The lowest BCUT2D eigenvalue weighted by molar-refractivity contribution is -0.144. The summed E-state index contributed by atoms with van der Waals surface area (Å²) in [7, 11) is 0. The molecule has 0 aliphatic heterocycles. The van der Waals surface area contributed by atoms with Gasteiger partial charge in [0, 0.05) is 27.8 Å². The van der Waals surface area contributed by atoms with E-state index in [1.807, 2.05) is 18.5 Å². The largest absolute Gasteiger partial charge is 0.461 e. The molecule has 2 rings (SSSR count). The van der Waals surface area contributed by atoms with Crippen LogP contribution in [0.25, 0.3) is 0 Å². The van der Waals surface area contributed by atoms with Gasteiger partial charge in [0.2, 0.25) is 0 Å². The van der Waals surface area contributed by atoms with Gasteiger partial charge in [-0.25, -0.2) is 4.39 Å². The van der Waals surface area contributed by atoms with Crippen LogP contribution in [0.4, 0.5) is 4.39 Å². The summed E-state index contributed by atoms with van der Waals surface area (Å²) in [4.78, 5) is 12.2. The first-order valence-corrected chi connectivity index (χ1v) is 8.69. The highest BCUT2D eigenvalue weighted by atomic mass is 79.9. The van der Waals surface area contributed by atoms with E-state index in [2.05, 4.69) is 34.9 Å². The smallest absolute Gasteiger partial charge is 0.310 e. The van der Waals surface area contributed by atoms with Crippen LogP contribution in [-0.4, -0.2) is 15.7 Å². The number of carbonyl (C=O) groups excluding carboxylic acids is 1. The standard InChI is InChI=1S/C18H22BrFN2O2/c1-11(2)9-22-13(4)16(12(3)21-22)8-18(23)24-10-14-5-6-15(20)7-17(14)19/h5-7,11H,8-10H2,1-4H3. The topological polar surface area (TPSA) is 44.1 Å². The van der Waals surface area contributed by atoms with Gasteiger partial charge in [-0.2, -0.15) is 5.10 Å². The molecule has 2 aromatic rings. The highest BCUT2D eigenvalue weighted by Crippen LogP contribution is 2.20. The Morgan fingerprint density at radius 1 is 1.38 bits per heavy atom. The minimum absolute atomic E-state index is 0.109. The van der Waals surface area contributed by atoms with Crippen LogP contribution >= 0.6 is 15.9 Å². The van der Waals surface area contributed by atoms with Crippen LogP contribution in [0.1, 0.15) is 36.4 Å². The molecule has 24 heavy (non-hydrogen) atoms. The molecule has 0 atom stereocenters. The van der Waals surface area contributed by atoms with E-state index in [4.69, 9.17) is 4.74 Å². The van der Waals surface area contributed by atoms with Gasteiger partial charge in [-0.05, 0) is 31.9 Å². The monoisotopic (exact) mass is 396 g/mol. The molecule has 0 N–H and O–H groups in total. The molecule has 130 valence electrons. The van der Waals surface area contributed by atoms with E-state index in [0.29, 0.717) is 10.4 Å². The number of aromatic nitrogens is 2. The summed E-state index contributed by atoms with van der Waals surface area (Å²) in [6.45, 7) is 9.07. The van der Waals surface area contributed by atoms with Crippen molar-refractivity contribution in [2.45, 2.75) is 47.3 Å². The summed E-state index contributed by atoms with van der Waals surface area (Å²) in [6.07, 6.45) is 0.189. The first-order valence-electron chi connectivity index (χ1n) is 7.90. The second kappa shape index (κ2) is 7.92. The van der Waals surface area contributed by atoms with Crippen molar-refractivity contribution in [3.05, 3.63) is 51.0 Å². The number of nitrogens with zero attached hydrogens (tertiary/aromatic N) is 2. The van der Waals surface area contributed by atoms with Crippen LogP contribution in [0.3, 0.4) is 0 Å². The van der Waals surface area contributed by atoms with Gasteiger partial charge in [-0.3, -0.25) is 9.48 Å². The van der Waals surface area contributed by atoms with Crippen molar-refractivity contribution in [2.24, 2.45) is 5.92 Å². The highest BCUT2D eigenvalue weighted by molar-refractivity contribution is 9.10. The van der Waals surface area contributed by atoms with Gasteiger partial charge in [0.15, 0.2) is 0 Å². The third-order valence-electron chi connectivity index (χ3n) is 3.79. The second-order valence-electron chi connectivity index (χ2n) is 6.30. The fourth-order valence-corrected chi connectivity index (χ4v) is 2.97. The zero-order chi connectivity index (χ0) is 17.9. The highest BCUT2D eigenvalue weighted by Gasteiger charge is 2.16. The Bertz CT molecular complexity index is 741. The number of carbonyl (C=O) groups is 1. The molecular weight excluding hydrogens is 375 g/mol. The Morgan fingerprint density at radius 2 is 2.08 bits per heavy atom. The number of benzene rings is 1. The number of hydrogen-bond acceptors (Lipinski definition) is 3. The van der Waals surface area contributed by atoms with Crippen molar-refractivity contribution in [2.75, 3.05) is 0 Å². The molecule has 1 aromatic heterocycles. The van der Waals surface area contributed by atoms with E-state index in [9.17, 15) is 9.18 Å². The van der Waals surface area contributed by atoms with E-state index in [1.54, 1.807) is 6.07 Å². The fourth-order valence-electron chi connectivity index (χ4n) is 2.51. The number of halogens is 2. The van der Waals surface area contributed by atoms with Gasteiger partial charge in [0.25, 0.3) is 0 Å². The number of ether oxygens (including phenoxy) is 1. The van der Waals surface area contributed by atoms with E-state index in [0.717, 1.165) is 29.1 Å². The van der Waals surface area contributed by atoms with Crippen molar-refractivity contribution >= 4 is 21.9 Å². The second-order valence-corrected chi connectivity index (χ2v) is 7.15. The first-order chi connectivity index (χ1) is 11.3. The minimum Gasteiger partial charge on any atom is -0.461 e. The van der Waals surface area contributed by atoms with Crippen LogP contribution < -0.4 is 0 Å². The van der Waals surface area contributed by atoms with Gasteiger partial charge < -0.3 is 4.74 Å². The molecule has 4 nitrogen and oxygen atoms in total. The van der Waals surface area contributed by atoms with Crippen molar-refractivity contribution in [1.82, 2.24) is 9.78 Å². The minimum atomic E-state index is -0.333. The molecular formula is C18H22BrFN2O2. The predicted octanol–water partition coefficient (Wildman–Crippen LogP) is 4.34. The van der Waals surface area contributed by atoms with Crippen molar-refractivity contribution < 1.29 is 13.9 Å². The van der Waals surface area contributed by atoms with E-state index < -0.39 is 0 Å². The maximum absolute atomic E-state index is 13.1. The fraction of sp³-hybridized carbons (Fsp3) is 0.444. The molecule has 0 aliphatic rings. The Hall–Kier alpha value is -1.69. The molecule has 1 aromatic carbocycles. The van der Waals surface area contributed by atoms with Crippen LogP contribution in [-0.2, 0) is 29.1 Å². The third-order valence-corrected chi connectivity index (χ3v) is 4.53. The maximum atomic E-state index is 13.1. The molecule has 0 saturated carbocycles. The maximum Gasteiger partial charge on any atom is 0.310 e. The lowest BCUT2D eigenvalue weighted by Crippen LogP contribution is -2.11. The van der Waals surface area contributed by atoms with Crippen molar-refractivity contribution in [3.8, 4) is 0 Å². The van der Waals surface area contributed by atoms with E-state index in [-0.39, 0.29) is 24.8 Å². The Balaban J connectivity index is 2.01. The number of hydrogen-bond donors (Lipinski definition) is 0. The normalized spacial score (nSPS) is 11.1. The van der Waals surface area contributed by atoms with Crippen LogP contribution in [0, 0.1) is 25.6 Å². The van der Waals surface area contributed by atoms with Crippen molar-refractivity contribution in [3.63, 3.8) is 0 Å².